The minimum atomic E-state index is -2.75. The van der Waals surface area contributed by atoms with E-state index in [9.17, 15) is 0 Å². The summed E-state index contributed by atoms with van der Waals surface area (Å²) in [5.74, 6) is 0.794. The van der Waals surface area contributed by atoms with Gasteiger partial charge in [0.05, 0.1) is 0 Å². The van der Waals surface area contributed by atoms with Gasteiger partial charge < -0.3 is 33.1 Å². The van der Waals surface area contributed by atoms with Crippen molar-refractivity contribution in [3.05, 3.63) is 30.3 Å². The highest BCUT2D eigenvalue weighted by Crippen LogP contribution is 2.21. The molecule has 1 rings (SSSR count). The Morgan fingerprint density at radius 1 is 1.00 bits per heavy atom. The zero-order chi connectivity index (χ0) is 16.3. The monoisotopic (exact) mass is 318 g/mol. The van der Waals surface area contributed by atoms with Gasteiger partial charge in [-0.3, -0.25) is 0 Å². The molecule has 0 amide bonds. The van der Waals surface area contributed by atoms with E-state index in [1.807, 2.05) is 37.3 Å². The number of ether oxygens (including phenoxy) is 1. The fourth-order valence-electron chi connectivity index (χ4n) is 1.71. The summed E-state index contributed by atoms with van der Waals surface area (Å²) in [4.78, 5) is 0. The van der Waals surface area contributed by atoms with Crippen LogP contribution in [0, 0.1) is 0 Å². The van der Waals surface area contributed by atoms with Crippen LogP contribution in [-0.4, -0.2) is 58.3 Å². The number of hydrogen-bond acceptors (Lipinski definition) is 7. The van der Waals surface area contributed by atoms with Crippen LogP contribution in [0.4, 0.5) is 0 Å². The molecular weight excluding hydrogens is 295 g/mol. The minimum absolute atomic E-state index is 0.204. The third-order valence-electron chi connectivity index (χ3n) is 2.64. The van der Waals surface area contributed by atoms with Crippen molar-refractivity contribution < 1.29 is 33.1 Å². The summed E-state index contributed by atoms with van der Waals surface area (Å²) in [5, 5.41) is 21.5. The van der Waals surface area contributed by atoms with Crippen molar-refractivity contribution in [2.75, 3.05) is 21.3 Å². The molecule has 0 radical (unpaired) electrons. The van der Waals surface area contributed by atoms with Crippen molar-refractivity contribution in [1.82, 2.24) is 0 Å². The maximum Gasteiger partial charge on any atom is 0.631 e. The smallest absolute Gasteiger partial charge is 0.486 e. The van der Waals surface area contributed by atoms with Gasteiger partial charge in [-0.2, -0.15) is 0 Å². The van der Waals surface area contributed by atoms with Gasteiger partial charge in [-0.25, -0.2) is 0 Å². The molecule has 1 unspecified atom stereocenters. The van der Waals surface area contributed by atoms with Gasteiger partial charge in [-0.1, -0.05) is 25.1 Å². The second-order valence-electron chi connectivity index (χ2n) is 3.89. The Kier molecular flexibility index (Phi) is 10.3. The third-order valence-corrected chi connectivity index (χ3v) is 5.66. The molecule has 0 fully saturated rings. The Balaban J connectivity index is 0.000000885. The predicted molar refractivity (Wildman–Crippen MR) is 80.3 cm³/mol. The summed E-state index contributed by atoms with van der Waals surface area (Å²) in [5.41, 5.74) is -0.204. The van der Waals surface area contributed by atoms with Crippen LogP contribution >= 0.6 is 0 Å². The zero-order valence-electron chi connectivity index (χ0n) is 12.7. The largest absolute Gasteiger partial charge is 0.631 e. The first kappa shape index (κ1) is 20.1. The molecule has 9 heteroatoms. The molecule has 0 aliphatic rings. The number of para-hydroxylation sites is 1. The fraction of sp³-hybridized carbons (Fsp3) is 0.500. The summed E-state index contributed by atoms with van der Waals surface area (Å²) in [6, 6.07) is 9.61. The van der Waals surface area contributed by atoms with Crippen molar-refractivity contribution in [3.8, 4) is 5.75 Å². The molecule has 0 saturated carbocycles. The van der Waals surface area contributed by atoms with Crippen molar-refractivity contribution in [2.24, 2.45) is 0 Å². The summed E-state index contributed by atoms with van der Waals surface area (Å²) in [7, 11) is -0.138. The molecule has 0 aliphatic carbocycles. The first-order valence-electron chi connectivity index (χ1n) is 6.37. The molecule has 0 aliphatic heterocycles. The lowest BCUT2D eigenvalue weighted by Crippen LogP contribution is -2.56. The molecule has 0 spiro atoms. The number of rotatable bonds is 7. The van der Waals surface area contributed by atoms with E-state index >= 15 is 0 Å². The van der Waals surface area contributed by atoms with E-state index in [0.717, 1.165) is 12.2 Å². The normalized spacial score (nSPS) is 12.1. The topological polar surface area (TPSA) is 97.6 Å². The van der Waals surface area contributed by atoms with Crippen LogP contribution in [-0.2, 0) is 13.3 Å². The minimum Gasteiger partial charge on any atom is -0.486 e. The number of hydrogen-bond donors (Lipinski definition) is 3. The van der Waals surface area contributed by atoms with Gasteiger partial charge in [0.2, 0.25) is 0 Å². The first-order chi connectivity index (χ1) is 9.95. The maximum atomic E-state index is 7.17. The van der Waals surface area contributed by atoms with E-state index in [0.29, 0.717) is 0 Å². The molecule has 0 saturated heterocycles. The molecule has 21 heavy (non-hydrogen) atoms. The highest BCUT2D eigenvalue weighted by Gasteiger charge is 2.48. The van der Waals surface area contributed by atoms with Gasteiger partial charge in [-0.15, -0.1) is 0 Å². The number of benzene rings is 1. The van der Waals surface area contributed by atoms with Crippen LogP contribution in [0.25, 0.3) is 0 Å². The second-order valence-corrected chi connectivity index (χ2v) is 6.97. The molecule has 120 valence electrons. The summed E-state index contributed by atoms with van der Waals surface area (Å²) >= 11 is 0. The van der Waals surface area contributed by atoms with E-state index in [1.54, 1.807) is 21.3 Å². The lowest BCUT2D eigenvalue weighted by molar-refractivity contribution is 0.0666. The van der Waals surface area contributed by atoms with Crippen molar-refractivity contribution in [2.45, 2.75) is 19.1 Å². The Morgan fingerprint density at radius 3 is 1.76 bits per heavy atom. The molecule has 1 aromatic rings. The zero-order valence-corrected chi connectivity index (χ0v) is 13.7. The Labute approximate surface area is 126 Å². The first-order valence-corrected chi connectivity index (χ1v) is 8.17. The van der Waals surface area contributed by atoms with Crippen LogP contribution in [0.3, 0.4) is 0 Å². The van der Waals surface area contributed by atoms with E-state index in [-0.39, 0.29) is 5.73 Å². The summed E-state index contributed by atoms with van der Waals surface area (Å²) in [6.07, 6.45) is 0.761. The lowest BCUT2D eigenvalue weighted by Gasteiger charge is -2.31. The standard InChI is InChI=1S/C12H20O4Si.BH3O3/c1-5-12(17(13-2,14-3)15-4)16-11-9-7-6-8-10-11;2-1(3)4/h6-10,12H,5H2,1-4H3;2-4H. The SMILES string of the molecule is CCC(Oc1ccccc1)[Si](OC)(OC)OC.OB(O)O. The second kappa shape index (κ2) is 10.7. The van der Waals surface area contributed by atoms with E-state index in [4.69, 9.17) is 33.1 Å². The van der Waals surface area contributed by atoms with E-state index < -0.39 is 16.1 Å². The summed E-state index contributed by atoms with van der Waals surface area (Å²) in [6.45, 7) is 2.02. The Morgan fingerprint density at radius 2 is 1.43 bits per heavy atom. The Hall–Kier alpha value is -0.938. The van der Waals surface area contributed by atoms with Crippen LogP contribution in [0.1, 0.15) is 13.3 Å². The summed E-state index contributed by atoms with van der Waals surface area (Å²) < 4.78 is 22.2. The van der Waals surface area contributed by atoms with E-state index in [2.05, 4.69) is 0 Å². The van der Waals surface area contributed by atoms with E-state index in [1.165, 1.54) is 0 Å². The van der Waals surface area contributed by atoms with Crippen LogP contribution in [0.5, 0.6) is 5.75 Å². The van der Waals surface area contributed by atoms with Gasteiger partial charge in [-0.05, 0) is 18.6 Å². The molecule has 3 N–H and O–H groups in total. The molecule has 7 nitrogen and oxygen atoms in total. The fourth-order valence-corrected chi connectivity index (χ4v) is 3.78. The van der Waals surface area contributed by atoms with Crippen molar-refractivity contribution in [3.63, 3.8) is 0 Å². The van der Waals surface area contributed by atoms with Gasteiger partial charge in [0, 0.05) is 21.3 Å². The Bertz CT molecular complexity index is 351. The van der Waals surface area contributed by atoms with Crippen LogP contribution < -0.4 is 4.74 Å². The highest BCUT2D eigenvalue weighted by atomic mass is 28.4. The molecule has 1 atom stereocenters. The highest BCUT2D eigenvalue weighted by molar-refractivity contribution is 6.62. The van der Waals surface area contributed by atoms with Gasteiger partial charge >= 0.3 is 16.1 Å². The quantitative estimate of drug-likeness (QED) is 0.618. The predicted octanol–water partition coefficient (Wildman–Crippen LogP) is 0.209. The van der Waals surface area contributed by atoms with Crippen LogP contribution in [0.15, 0.2) is 30.3 Å². The maximum absolute atomic E-state index is 7.17. The van der Waals surface area contributed by atoms with Gasteiger partial charge in [0.15, 0.2) is 5.73 Å². The molecule has 0 aromatic heterocycles. The lowest BCUT2D eigenvalue weighted by atomic mass is 10.3. The average molecular weight is 318 g/mol. The molecule has 1 aromatic carbocycles. The van der Waals surface area contributed by atoms with Crippen molar-refractivity contribution in [1.29, 1.82) is 0 Å². The molecule has 0 bridgehead atoms. The third kappa shape index (κ3) is 7.05. The average Bonchev–Trinajstić information content (AvgIpc) is 2.48. The van der Waals surface area contributed by atoms with Gasteiger partial charge in [0.25, 0.3) is 0 Å². The van der Waals surface area contributed by atoms with Gasteiger partial charge in [0.1, 0.15) is 5.75 Å². The van der Waals surface area contributed by atoms with Crippen molar-refractivity contribution >= 4 is 16.1 Å². The van der Waals surface area contributed by atoms with Crippen LogP contribution in [0.2, 0.25) is 0 Å². The molecular formula is C12H23BO7Si. The molecule has 0 heterocycles.